The van der Waals surface area contributed by atoms with Crippen molar-refractivity contribution in [2.75, 3.05) is 45.8 Å². The van der Waals surface area contributed by atoms with Crippen LogP contribution in [0.15, 0.2) is 0 Å². The Morgan fingerprint density at radius 3 is 2.24 bits per heavy atom. The van der Waals surface area contributed by atoms with Gasteiger partial charge in [0, 0.05) is 51.1 Å². The number of hydrogen-bond donors (Lipinski definition) is 0. The van der Waals surface area contributed by atoms with Gasteiger partial charge in [0.1, 0.15) is 0 Å². The first-order chi connectivity index (χ1) is 10.3. The third kappa shape index (κ3) is 4.88. The molecule has 2 aliphatic heterocycles. The average molecular weight is 291 g/mol. The summed E-state index contributed by atoms with van der Waals surface area (Å²) in [7, 11) is 0. The zero-order chi connectivity index (χ0) is 15.7. The van der Waals surface area contributed by atoms with Crippen LogP contribution in [0.5, 0.6) is 0 Å². The molecule has 0 N–H and O–H groups in total. The lowest BCUT2D eigenvalue weighted by Crippen LogP contribution is -2.56. The van der Waals surface area contributed by atoms with Gasteiger partial charge in [-0.25, -0.2) is 0 Å². The highest BCUT2D eigenvalue weighted by atomic mass is 15.3. The Morgan fingerprint density at radius 2 is 1.71 bits per heavy atom. The van der Waals surface area contributed by atoms with Crippen LogP contribution in [0.4, 0.5) is 0 Å². The maximum Gasteiger partial charge on any atom is 0.179 e. The zero-order valence-corrected chi connectivity index (χ0v) is 13.8. The van der Waals surface area contributed by atoms with E-state index < -0.39 is 0 Å². The van der Waals surface area contributed by atoms with Crippen molar-refractivity contribution in [1.29, 1.82) is 10.5 Å². The second-order valence-electron chi connectivity index (χ2n) is 5.49. The van der Waals surface area contributed by atoms with E-state index >= 15 is 0 Å². The minimum absolute atomic E-state index is 0.465. The molecule has 2 aliphatic rings. The molecule has 21 heavy (non-hydrogen) atoms. The summed E-state index contributed by atoms with van der Waals surface area (Å²) in [6, 6.07) is 2.89. The zero-order valence-electron chi connectivity index (χ0n) is 13.8. The molecule has 5 heteroatoms. The Bertz CT molecular complexity index is 362. The lowest BCUT2D eigenvalue weighted by molar-refractivity contribution is 0.0369. The van der Waals surface area contributed by atoms with Crippen molar-refractivity contribution in [3.05, 3.63) is 0 Å². The number of nitrogens with zero attached hydrogens (tertiary/aromatic N) is 5. The molecule has 5 nitrogen and oxygen atoms in total. The summed E-state index contributed by atoms with van der Waals surface area (Å²) in [6.07, 6.45) is 4.04. The van der Waals surface area contributed by atoms with E-state index in [1.165, 1.54) is 0 Å². The van der Waals surface area contributed by atoms with Crippen molar-refractivity contribution < 1.29 is 0 Å². The van der Waals surface area contributed by atoms with Crippen LogP contribution in [-0.2, 0) is 0 Å². The maximum atomic E-state index is 9.04. The van der Waals surface area contributed by atoms with Gasteiger partial charge in [-0.3, -0.25) is 4.90 Å². The predicted molar refractivity (Wildman–Crippen MR) is 84.3 cm³/mol. The van der Waals surface area contributed by atoms with Gasteiger partial charge in [-0.15, -0.1) is 0 Å². The lowest BCUT2D eigenvalue weighted by atomic mass is 9.88. The second-order valence-corrected chi connectivity index (χ2v) is 5.49. The van der Waals surface area contributed by atoms with Gasteiger partial charge >= 0.3 is 0 Å². The topological polar surface area (TPSA) is 57.3 Å². The van der Waals surface area contributed by atoms with Gasteiger partial charge in [-0.2, -0.15) is 10.5 Å². The molecule has 2 heterocycles. The molecule has 0 amide bonds. The predicted octanol–water partition coefficient (Wildman–Crippen LogP) is 1.74. The monoisotopic (exact) mass is 291 g/mol. The summed E-state index contributed by atoms with van der Waals surface area (Å²) in [6.45, 7) is 13.1. The van der Waals surface area contributed by atoms with Gasteiger partial charge in [0.25, 0.3) is 0 Å². The van der Waals surface area contributed by atoms with Crippen LogP contribution in [-0.4, -0.2) is 66.6 Å². The Labute approximate surface area is 129 Å². The highest BCUT2D eigenvalue weighted by molar-refractivity contribution is 4.94. The standard InChI is InChI=1S/C14H23N5.C2H6/c1-2-17-6-4-14(13(11-17)3-5-15)19-9-7-18(12-16)8-10-19;1-2/h13-14H,2-4,6-11H2,1H3;1-2H3. The highest BCUT2D eigenvalue weighted by Crippen LogP contribution is 2.25. The van der Waals surface area contributed by atoms with E-state index in [1.54, 1.807) is 0 Å². The van der Waals surface area contributed by atoms with Crippen LogP contribution in [0.3, 0.4) is 0 Å². The van der Waals surface area contributed by atoms with E-state index in [2.05, 4.69) is 29.0 Å². The Morgan fingerprint density at radius 1 is 1.05 bits per heavy atom. The first-order valence-electron chi connectivity index (χ1n) is 8.26. The molecular weight excluding hydrogens is 262 g/mol. The van der Waals surface area contributed by atoms with Crippen LogP contribution >= 0.6 is 0 Å². The number of likely N-dealkylation sites (tertiary alicyclic amines) is 1. The number of piperidine rings is 1. The van der Waals surface area contributed by atoms with E-state index in [4.69, 9.17) is 10.5 Å². The minimum Gasteiger partial charge on any atom is -0.308 e. The van der Waals surface area contributed by atoms with E-state index in [0.717, 1.165) is 52.2 Å². The second kappa shape index (κ2) is 9.60. The number of rotatable bonds is 3. The van der Waals surface area contributed by atoms with Gasteiger partial charge in [-0.1, -0.05) is 20.8 Å². The molecule has 0 aromatic carbocycles. The van der Waals surface area contributed by atoms with Crippen molar-refractivity contribution >= 4 is 0 Å². The summed E-state index contributed by atoms with van der Waals surface area (Å²) in [5.41, 5.74) is 0. The molecule has 0 bridgehead atoms. The first-order valence-corrected chi connectivity index (χ1v) is 8.26. The van der Waals surface area contributed by atoms with Crippen LogP contribution < -0.4 is 0 Å². The smallest absolute Gasteiger partial charge is 0.179 e. The van der Waals surface area contributed by atoms with Gasteiger partial charge in [-0.05, 0) is 19.5 Å². The molecule has 0 spiro atoms. The van der Waals surface area contributed by atoms with Crippen molar-refractivity contribution in [1.82, 2.24) is 14.7 Å². The van der Waals surface area contributed by atoms with Gasteiger partial charge < -0.3 is 9.80 Å². The molecule has 2 atom stereocenters. The van der Waals surface area contributed by atoms with Crippen molar-refractivity contribution in [2.45, 2.75) is 39.7 Å². The summed E-state index contributed by atoms with van der Waals surface area (Å²) >= 11 is 0. The lowest BCUT2D eigenvalue weighted by Gasteiger charge is -2.45. The van der Waals surface area contributed by atoms with E-state index in [1.807, 2.05) is 18.7 Å². The molecule has 2 fully saturated rings. The molecule has 0 aromatic heterocycles. The van der Waals surface area contributed by atoms with Crippen LogP contribution in [0, 0.1) is 28.7 Å². The molecule has 118 valence electrons. The van der Waals surface area contributed by atoms with Crippen molar-refractivity contribution in [2.24, 2.45) is 5.92 Å². The number of hydrogen-bond acceptors (Lipinski definition) is 5. The van der Waals surface area contributed by atoms with Crippen LogP contribution in [0.1, 0.15) is 33.6 Å². The van der Waals surface area contributed by atoms with E-state index in [0.29, 0.717) is 18.4 Å². The Hall–Kier alpha value is -1.30. The fourth-order valence-electron chi connectivity index (χ4n) is 3.33. The largest absolute Gasteiger partial charge is 0.308 e. The average Bonchev–Trinajstić information content (AvgIpc) is 2.57. The molecule has 2 unspecified atom stereocenters. The third-order valence-corrected chi connectivity index (χ3v) is 4.50. The summed E-state index contributed by atoms with van der Waals surface area (Å²) in [5.74, 6) is 0.465. The fraction of sp³-hybridized carbons (Fsp3) is 0.875. The Kier molecular flexibility index (Phi) is 8.12. The van der Waals surface area contributed by atoms with Crippen molar-refractivity contribution in [3.63, 3.8) is 0 Å². The summed E-state index contributed by atoms with van der Waals surface area (Å²) in [4.78, 5) is 6.78. The fourth-order valence-corrected chi connectivity index (χ4v) is 3.33. The maximum absolute atomic E-state index is 9.04. The van der Waals surface area contributed by atoms with Gasteiger partial charge in [0.05, 0.1) is 6.07 Å². The van der Waals surface area contributed by atoms with E-state index in [9.17, 15) is 0 Å². The van der Waals surface area contributed by atoms with Gasteiger partial charge in [0.15, 0.2) is 6.19 Å². The summed E-state index contributed by atoms with van der Waals surface area (Å²) in [5, 5.41) is 17.9. The summed E-state index contributed by atoms with van der Waals surface area (Å²) < 4.78 is 0. The molecule has 0 aliphatic carbocycles. The molecular formula is C16H29N5. The van der Waals surface area contributed by atoms with E-state index in [-0.39, 0.29) is 0 Å². The molecule has 0 radical (unpaired) electrons. The SMILES string of the molecule is CC.CCN1CCC(N2CCN(C#N)CC2)C(CC#N)C1. The van der Waals surface area contributed by atoms with Crippen LogP contribution in [0.2, 0.25) is 0 Å². The number of nitriles is 2. The Balaban J connectivity index is 0.00000106. The number of piperazine rings is 1. The first kappa shape index (κ1) is 17.8. The van der Waals surface area contributed by atoms with Crippen LogP contribution in [0.25, 0.3) is 0 Å². The quantitative estimate of drug-likeness (QED) is 0.741. The molecule has 2 rings (SSSR count). The molecule has 0 saturated carbocycles. The van der Waals surface area contributed by atoms with Crippen molar-refractivity contribution in [3.8, 4) is 12.3 Å². The molecule has 2 saturated heterocycles. The van der Waals surface area contributed by atoms with Gasteiger partial charge in [0.2, 0.25) is 0 Å². The minimum atomic E-state index is 0.465. The normalized spacial score (nSPS) is 27.2. The highest BCUT2D eigenvalue weighted by Gasteiger charge is 2.33. The third-order valence-electron chi connectivity index (χ3n) is 4.50. The molecule has 0 aromatic rings.